The van der Waals surface area contributed by atoms with E-state index in [0.29, 0.717) is 21.8 Å². The average molecular weight is 293 g/mol. The van der Waals surface area contributed by atoms with E-state index in [1.807, 2.05) is 0 Å². The van der Waals surface area contributed by atoms with Crippen molar-refractivity contribution in [3.63, 3.8) is 0 Å². The highest BCUT2D eigenvalue weighted by Gasteiger charge is 2.27. The molecule has 104 valence electrons. The summed E-state index contributed by atoms with van der Waals surface area (Å²) in [6, 6.07) is 3.23. The summed E-state index contributed by atoms with van der Waals surface area (Å²) in [4.78, 5) is 31.9. The molecule has 0 atom stereocenters. The highest BCUT2D eigenvalue weighted by atomic mass is 35.5. The number of Topliss-reactive ketones (excluding diaryl/α,β-unsaturated/α-hetero) is 2. The molecule has 0 fully saturated rings. The number of hydrogen-bond donors (Lipinski definition) is 0. The largest absolute Gasteiger partial charge is 0.495 e. The lowest BCUT2D eigenvalue weighted by Gasteiger charge is -2.15. The molecule has 0 spiro atoms. The van der Waals surface area contributed by atoms with Crippen LogP contribution in [0.5, 0.6) is 5.75 Å². The van der Waals surface area contributed by atoms with Crippen LogP contribution in [0, 0.1) is 0 Å². The van der Waals surface area contributed by atoms with E-state index in [1.54, 1.807) is 18.3 Å². The van der Waals surface area contributed by atoms with Crippen LogP contribution in [0.15, 0.2) is 18.3 Å². The maximum atomic E-state index is 11.7. The minimum Gasteiger partial charge on any atom is -0.495 e. The predicted octanol–water partition coefficient (Wildman–Crippen LogP) is 2.55. The molecule has 2 rings (SSSR count). The molecule has 2 aromatic rings. The number of fused-ring (bicyclic) bond motifs is 1. The molecule has 0 saturated heterocycles. The first-order valence-electron chi connectivity index (χ1n) is 5.95. The van der Waals surface area contributed by atoms with Crippen molar-refractivity contribution in [1.29, 1.82) is 0 Å². The van der Waals surface area contributed by atoms with Crippen molar-refractivity contribution in [1.82, 2.24) is 9.97 Å². The quantitative estimate of drug-likeness (QED) is 0.810. The van der Waals surface area contributed by atoms with E-state index in [4.69, 9.17) is 16.3 Å². The second-order valence-corrected chi connectivity index (χ2v) is 4.80. The zero-order chi connectivity index (χ0) is 14.9. The topological polar surface area (TPSA) is 69.2 Å². The number of methoxy groups -OCH3 is 1. The van der Waals surface area contributed by atoms with Gasteiger partial charge in [0.15, 0.2) is 0 Å². The number of hydrogen-bond acceptors (Lipinski definition) is 5. The number of pyridine rings is 2. The van der Waals surface area contributed by atoms with Crippen molar-refractivity contribution in [3.05, 3.63) is 29.0 Å². The van der Waals surface area contributed by atoms with Crippen LogP contribution in [0.3, 0.4) is 0 Å². The van der Waals surface area contributed by atoms with Gasteiger partial charge in [0.05, 0.1) is 17.6 Å². The third-order valence-electron chi connectivity index (χ3n) is 2.96. The summed E-state index contributed by atoms with van der Waals surface area (Å²) in [6.45, 7) is 2.70. The second-order valence-electron chi connectivity index (χ2n) is 4.39. The lowest BCUT2D eigenvalue weighted by Crippen LogP contribution is -2.19. The summed E-state index contributed by atoms with van der Waals surface area (Å²) in [5.41, 5.74) is 1.26. The number of carbonyl (C=O) groups is 2. The Bertz CT molecular complexity index is 686. The van der Waals surface area contributed by atoms with Gasteiger partial charge in [0.25, 0.3) is 0 Å². The summed E-state index contributed by atoms with van der Waals surface area (Å²) in [5, 5.41) is 0.407. The van der Waals surface area contributed by atoms with Crippen molar-refractivity contribution < 1.29 is 14.3 Å². The Hall–Kier alpha value is -2.01. The van der Waals surface area contributed by atoms with Crippen molar-refractivity contribution in [2.45, 2.75) is 19.8 Å². The minimum atomic E-state index is -0.953. The molecule has 0 bridgehead atoms. The van der Waals surface area contributed by atoms with Gasteiger partial charge in [0.1, 0.15) is 34.4 Å². The fraction of sp³-hybridized carbons (Fsp3) is 0.286. The van der Waals surface area contributed by atoms with Crippen molar-refractivity contribution in [3.8, 4) is 5.75 Å². The molecule has 0 aromatic carbocycles. The first-order valence-corrected chi connectivity index (χ1v) is 6.33. The van der Waals surface area contributed by atoms with Gasteiger partial charge in [-0.15, -0.1) is 0 Å². The minimum absolute atomic E-state index is 0.273. The molecular weight excluding hydrogens is 280 g/mol. The molecule has 0 aliphatic heterocycles. The van der Waals surface area contributed by atoms with E-state index in [2.05, 4.69) is 9.97 Å². The Morgan fingerprint density at radius 3 is 2.50 bits per heavy atom. The number of ketones is 2. The number of carbonyl (C=O) groups excluding carboxylic acids is 2. The number of halogens is 1. The Morgan fingerprint density at radius 2 is 1.95 bits per heavy atom. The van der Waals surface area contributed by atoms with Crippen LogP contribution >= 0.6 is 11.6 Å². The first kappa shape index (κ1) is 14.4. The summed E-state index contributed by atoms with van der Waals surface area (Å²) in [7, 11) is 1.45. The molecule has 0 amide bonds. The Morgan fingerprint density at radius 1 is 1.30 bits per heavy atom. The fourth-order valence-electron chi connectivity index (χ4n) is 2.08. The Kier molecular flexibility index (Phi) is 3.99. The third kappa shape index (κ3) is 2.49. The number of ether oxygens (including phenoxy) is 1. The number of rotatable bonds is 4. The predicted molar refractivity (Wildman–Crippen MR) is 75.2 cm³/mol. The monoisotopic (exact) mass is 292 g/mol. The van der Waals surface area contributed by atoms with Crippen LogP contribution in [0.25, 0.3) is 11.0 Å². The zero-order valence-electron chi connectivity index (χ0n) is 11.3. The highest BCUT2D eigenvalue weighted by Crippen LogP contribution is 2.31. The van der Waals surface area contributed by atoms with Gasteiger partial charge in [-0.05, 0) is 19.9 Å². The van der Waals surface area contributed by atoms with E-state index in [-0.39, 0.29) is 17.3 Å². The SMILES string of the molecule is COc1cc2nccc(Cl)c2nc1C(C(C)=O)C(C)=O. The summed E-state index contributed by atoms with van der Waals surface area (Å²) in [6.07, 6.45) is 1.55. The maximum absolute atomic E-state index is 11.7. The van der Waals surface area contributed by atoms with Crippen LogP contribution in [-0.2, 0) is 9.59 Å². The van der Waals surface area contributed by atoms with Gasteiger partial charge in [-0.3, -0.25) is 14.6 Å². The third-order valence-corrected chi connectivity index (χ3v) is 3.27. The number of nitrogens with zero attached hydrogens (tertiary/aromatic N) is 2. The highest BCUT2D eigenvalue weighted by molar-refractivity contribution is 6.34. The lowest BCUT2D eigenvalue weighted by atomic mass is 9.95. The van der Waals surface area contributed by atoms with Crippen molar-refractivity contribution in [2.75, 3.05) is 7.11 Å². The molecule has 0 N–H and O–H groups in total. The van der Waals surface area contributed by atoms with E-state index in [0.717, 1.165) is 0 Å². The van der Waals surface area contributed by atoms with Gasteiger partial charge >= 0.3 is 0 Å². The van der Waals surface area contributed by atoms with Gasteiger partial charge in [-0.25, -0.2) is 4.98 Å². The molecule has 6 heteroatoms. The van der Waals surface area contributed by atoms with Crippen molar-refractivity contribution >= 4 is 34.2 Å². The molecule has 5 nitrogen and oxygen atoms in total. The van der Waals surface area contributed by atoms with E-state index in [9.17, 15) is 9.59 Å². The maximum Gasteiger partial charge on any atom is 0.146 e. The first-order chi connectivity index (χ1) is 9.45. The summed E-state index contributed by atoms with van der Waals surface area (Å²) >= 11 is 6.08. The molecule has 0 aliphatic carbocycles. The van der Waals surface area contributed by atoms with E-state index in [1.165, 1.54) is 21.0 Å². The fourth-order valence-corrected chi connectivity index (χ4v) is 2.27. The lowest BCUT2D eigenvalue weighted by molar-refractivity contribution is -0.127. The molecule has 0 saturated carbocycles. The standard InChI is InChI=1S/C14H13ClN2O3/c1-7(18)12(8(2)19)14-11(20-3)6-10-13(17-14)9(15)4-5-16-10/h4-6,12H,1-3H3. The summed E-state index contributed by atoms with van der Waals surface area (Å²) in [5.74, 6) is -1.18. The molecule has 0 aliphatic rings. The average Bonchev–Trinajstić information content (AvgIpc) is 2.38. The molecule has 2 heterocycles. The van der Waals surface area contributed by atoms with Gasteiger partial charge in [-0.1, -0.05) is 11.6 Å². The van der Waals surface area contributed by atoms with Crippen molar-refractivity contribution in [2.24, 2.45) is 0 Å². The number of aromatic nitrogens is 2. The smallest absolute Gasteiger partial charge is 0.146 e. The van der Waals surface area contributed by atoms with Gasteiger partial charge in [0.2, 0.25) is 0 Å². The molecule has 2 aromatic heterocycles. The molecule has 0 radical (unpaired) electrons. The normalized spacial score (nSPS) is 10.8. The molecule has 0 unspecified atom stereocenters. The molecular formula is C14H13ClN2O3. The van der Waals surface area contributed by atoms with Gasteiger partial charge in [0, 0.05) is 12.3 Å². The van der Waals surface area contributed by atoms with Gasteiger partial charge < -0.3 is 4.74 Å². The second kappa shape index (κ2) is 5.54. The summed E-state index contributed by atoms with van der Waals surface area (Å²) < 4.78 is 5.22. The Balaban J connectivity index is 2.76. The van der Waals surface area contributed by atoms with Crippen LogP contribution in [0.4, 0.5) is 0 Å². The van der Waals surface area contributed by atoms with E-state index >= 15 is 0 Å². The van der Waals surface area contributed by atoms with E-state index < -0.39 is 5.92 Å². The van der Waals surface area contributed by atoms with Crippen LogP contribution in [-0.4, -0.2) is 28.6 Å². The molecule has 20 heavy (non-hydrogen) atoms. The Labute approximate surface area is 120 Å². The zero-order valence-corrected chi connectivity index (χ0v) is 12.1. The van der Waals surface area contributed by atoms with Crippen LogP contribution < -0.4 is 4.74 Å². The van der Waals surface area contributed by atoms with Crippen LogP contribution in [0.2, 0.25) is 5.02 Å². The van der Waals surface area contributed by atoms with Crippen LogP contribution in [0.1, 0.15) is 25.5 Å². The van der Waals surface area contributed by atoms with Gasteiger partial charge in [-0.2, -0.15) is 0 Å².